The molecule has 0 spiro atoms. The number of aryl methyl sites for hydroxylation is 1. The lowest BCUT2D eigenvalue weighted by molar-refractivity contribution is -0.0459. The summed E-state index contributed by atoms with van der Waals surface area (Å²) in [6.07, 6.45) is -0.371. The SMILES string of the molecule is O=c1[nH]c(=O)n([C@@H]2CC(O)[C@H](CO)O2)cc1CCCl. The van der Waals surface area contributed by atoms with Crippen LogP contribution in [0.3, 0.4) is 0 Å². The normalized spacial score (nSPS) is 26.8. The van der Waals surface area contributed by atoms with Gasteiger partial charge in [-0.1, -0.05) is 0 Å². The molecule has 1 fully saturated rings. The van der Waals surface area contributed by atoms with Gasteiger partial charge in [0.1, 0.15) is 12.3 Å². The second-order valence-corrected chi connectivity index (χ2v) is 4.75. The van der Waals surface area contributed by atoms with E-state index >= 15 is 0 Å². The number of rotatable bonds is 4. The predicted octanol–water partition coefficient (Wildman–Crippen LogP) is -1.04. The monoisotopic (exact) mass is 290 g/mol. The van der Waals surface area contributed by atoms with Gasteiger partial charge in [-0.2, -0.15) is 0 Å². The Morgan fingerprint density at radius 3 is 2.84 bits per heavy atom. The van der Waals surface area contributed by atoms with Crippen LogP contribution in [0.25, 0.3) is 0 Å². The van der Waals surface area contributed by atoms with Gasteiger partial charge >= 0.3 is 5.69 Å². The third kappa shape index (κ3) is 2.89. The Morgan fingerprint density at radius 1 is 1.53 bits per heavy atom. The van der Waals surface area contributed by atoms with Crippen LogP contribution in [0.2, 0.25) is 0 Å². The number of aromatic nitrogens is 2. The van der Waals surface area contributed by atoms with Crippen molar-refractivity contribution >= 4 is 11.6 Å². The van der Waals surface area contributed by atoms with Crippen LogP contribution in [0.4, 0.5) is 0 Å². The lowest BCUT2D eigenvalue weighted by atomic mass is 10.2. The molecule has 0 bridgehead atoms. The Kier molecular flexibility index (Phi) is 4.41. The topological polar surface area (TPSA) is 105 Å². The molecule has 0 saturated carbocycles. The molecule has 3 atom stereocenters. The van der Waals surface area contributed by atoms with Gasteiger partial charge in [-0.05, 0) is 6.42 Å². The number of halogens is 1. The molecule has 1 unspecified atom stereocenters. The van der Waals surface area contributed by atoms with Crippen LogP contribution in [-0.2, 0) is 11.2 Å². The molecular formula is C11H15ClN2O5. The highest BCUT2D eigenvalue weighted by atomic mass is 35.5. The Balaban J connectivity index is 2.33. The van der Waals surface area contributed by atoms with Crippen molar-refractivity contribution in [2.75, 3.05) is 12.5 Å². The third-order valence-corrected chi connectivity index (χ3v) is 3.29. The van der Waals surface area contributed by atoms with Gasteiger partial charge in [-0.25, -0.2) is 4.79 Å². The van der Waals surface area contributed by atoms with E-state index in [9.17, 15) is 14.7 Å². The van der Waals surface area contributed by atoms with Crippen LogP contribution in [0, 0.1) is 0 Å². The lowest BCUT2D eigenvalue weighted by Gasteiger charge is -2.15. The van der Waals surface area contributed by atoms with E-state index in [0.717, 1.165) is 0 Å². The van der Waals surface area contributed by atoms with Gasteiger partial charge in [0.15, 0.2) is 0 Å². The van der Waals surface area contributed by atoms with Crippen molar-refractivity contribution in [2.45, 2.75) is 31.3 Å². The number of H-pyrrole nitrogens is 1. The van der Waals surface area contributed by atoms with Crippen LogP contribution in [0.1, 0.15) is 18.2 Å². The summed E-state index contributed by atoms with van der Waals surface area (Å²) in [5.41, 5.74) is -0.710. The fourth-order valence-corrected chi connectivity index (χ4v) is 2.27. The molecule has 3 N–H and O–H groups in total. The summed E-state index contributed by atoms with van der Waals surface area (Å²) in [7, 11) is 0. The standard InChI is InChI=1S/C11H15ClN2O5/c12-2-1-6-4-14(11(18)13-10(6)17)9-3-7(16)8(5-15)19-9/h4,7-9,15-16H,1-3,5H2,(H,13,17,18)/t7?,8-,9-/m0/s1. The Labute approximate surface area is 113 Å². The van der Waals surface area contributed by atoms with Crippen molar-refractivity contribution in [1.82, 2.24) is 9.55 Å². The van der Waals surface area contributed by atoms with Crippen molar-refractivity contribution < 1.29 is 14.9 Å². The largest absolute Gasteiger partial charge is 0.394 e. The number of aliphatic hydroxyl groups is 2. The fourth-order valence-electron chi connectivity index (χ4n) is 2.07. The molecule has 0 aromatic carbocycles. The van der Waals surface area contributed by atoms with Gasteiger partial charge in [-0.3, -0.25) is 14.3 Å². The second-order valence-electron chi connectivity index (χ2n) is 4.37. The van der Waals surface area contributed by atoms with Gasteiger partial charge in [0.25, 0.3) is 5.56 Å². The molecule has 1 saturated heterocycles. The number of hydrogen-bond acceptors (Lipinski definition) is 5. The summed E-state index contributed by atoms with van der Waals surface area (Å²) < 4.78 is 6.58. The molecule has 7 nitrogen and oxygen atoms in total. The van der Waals surface area contributed by atoms with E-state index in [1.54, 1.807) is 0 Å². The van der Waals surface area contributed by atoms with E-state index in [2.05, 4.69) is 4.98 Å². The molecule has 0 amide bonds. The first-order valence-electron chi connectivity index (χ1n) is 5.91. The number of alkyl halides is 1. The van der Waals surface area contributed by atoms with Crippen LogP contribution in [0.15, 0.2) is 15.8 Å². The Bertz CT molecular complexity index is 555. The first kappa shape index (κ1) is 14.3. The van der Waals surface area contributed by atoms with Gasteiger partial charge in [0, 0.05) is 24.1 Å². The molecule has 2 rings (SSSR count). The minimum Gasteiger partial charge on any atom is -0.394 e. The van der Waals surface area contributed by atoms with E-state index in [1.165, 1.54) is 10.8 Å². The maximum absolute atomic E-state index is 11.7. The molecule has 0 aliphatic carbocycles. The molecule has 2 heterocycles. The zero-order valence-corrected chi connectivity index (χ0v) is 10.8. The average Bonchev–Trinajstić information content (AvgIpc) is 2.74. The van der Waals surface area contributed by atoms with E-state index in [1.807, 2.05) is 0 Å². The lowest BCUT2D eigenvalue weighted by Crippen LogP contribution is -2.34. The molecule has 1 aromatic rings. The molecule has 1 aliphatic heterocycles. The number of aliphatic hydroxyl groups excluding tert-OH is 2. The van der Waals surface area contributed by atoms with Crippen molar-refractivity contribution in [3.8, 4) is 0 Å². The predicted molar refractivity (Wildman–Crippen MR) is 67.4 cm³/mol. The van der Waals surface area contributed by atoms with Crippen molar-refractivity contribution in [3.05, 3.63) is 32.6 Å². The first-order chi connectivity index (χ1) is 9.06. The summed E-state index contributed by atoms with van der Waals surface area (Å²) in [5.74, 6) is 0.259. The van der Waals surface area contributed by atoms with Gasteiger partial charge in [0.05, 0.1) is 12.7 Å². The summed E-state index contributed by atoms with van der Waals surface area (Å²) >= 11 is 5.58. The van der Waals surface area contributed by atoms with E-state index in [-0.39, 0.29) is 18.9 Å². The number of nitrogens with zero attached hydrogens (tertiary/aromatic N) is 1. The summed E-state index contributed by atoms with van der Waals surface area (Å²) in [4.78, 5) is 25.4. The minimum absolute atomic E-state index is 0.178. The number of nitrogens with one attached hydrogen (secondary N) is 1. The van der Waals surface area contributed by atoms with Crippen molar-refractivity contribution in [3.63, 3.8) is 0 Å². The van der Waals surface area contributed by atoms with E-state index in [4.69, 9.17) is 21.4 Å². The zero-order valence-electron chi connectivity index (χ0n) is 10.1. The van der Waals surface area contributed by atoms with Crippen LogP contribution >= 0.6 is 11.6 Å². The first-order valence-corrected chi connectivity index (χ1v) is 6.45. The Hall–Kier alpha value is -1.15. The summed E-state index contributed by atoms with van der Waals surface area (Å²) in [6, 6.07) is 0. The third-order valence-electron chi connectivity index (χ3n) is 3.10. The Morgan fingerprint density at radius 2 is 2.26 bits per heavy atom. The summed E-state index contributed by atoms with van der Waals surface area (Å²) in [5, 5.41) is 18.7. The maximum atomic E-state index is 11.7. The quantitative estimate of drug-likeness (QED) is 0.614. The van der Waals surface area contributed by atoms with Crippen LogP contribution < -0.4 is 11.2 Å². The highest BCUT2D eigenvalue weighted by Crippen LogP contribution is 2.27. The van der Waals surface area contributed by atoms with E-state index in [0.29, 0.717) is 12.0 Å². The molecule has 19 heavy (non-hydrogen) atoms. The van der Waals surface area contributed by atoms with Gasteiger partial charge in [0.2, 0.25) is 0 Å². The highest BCUT2D eigenvalue weighted by molar-refractivity contribution is 6.17. The molecule has 106 valence electrons. The molecule has 8 heteroatoms. The molecule has 1 aromatic heterocycles. The number of ether oxygens (including phenoxy) is 1. The average molecular weight is 291 g/mol. The zero-order chi connectivity index (χ0) is 14.0. The minimum atomic E-state index is -0.842. The molecule has 1 aliphatic rings. The van der Waals surface area contributed by atoms with Crippen LogP contribution in [-0.4, -0.2) is 44.5 Å². The second kappa shape index (κ2) is 5.87. The number of hydrogen-bond donors (Lipinski definition) is 3. The molecular weight excluding hydrogens is 276 g/mol. The summed E-state index contributed by atoms with van der Waals surface area (Å²) in [6.45, 7) is -0.329. The fraction of sp³-hybridized carbons (Fsp3) is 0.636. The van der Waals surface area contributed by atoms with E-state index < -0.39 is 29.7 Å². The van der Waals surface area contributed by atoms with Crippen molar-refractivity contribution in [2.24, 2.45) is 0 Å². The van der Waals surface area contributed by atoms with Crippen molar-refractivity contribution in [1.29, 1.82) is 0 Å². The smallest absolute Gasteiger partial charge is 0.330 e. The van der Waals surface area contributed by atoms with Crippen LogP contribution in [0.5, 0.6) is 0 Å². The highest BCUT2D eigenvalue weighted by Gasteiger charge is 2.35. The maximum Gasteiger partial charge on any atom is 0.330 e. The van der Waals surface area contributed by atoms with Gasteiger partial charge in [-0.15, -0.1) is 11.6 Å². The molecule has 0 radical (unpaired) electrons. The van der Waals surface area contributed by atoms with Gasteiger partial charge < -0.3 is 14.9 Å². The number of aromatic amines is 1.